The van der Waals surface area contributed by atoms with Gasteiger partial charge in [0.1, 0.15) is 5.82 Å². The lowest BCUT2D eigenvalue weighted by atomic mass is 10.0. The second-order valence-corrected chi connectivity index (χ2v) is 7.26. The highest BCUT2D eigenvalue weighted by molar-refractivity contribution is 5.79. The Kier molecular flexibility index (Phi) is 4.48. The quantitative estimate of drug-likeness (QED) is 0.837. The highest BCUT2D eigenvalue weighted by Crippen LogP contribution is 2.34. The molecule has 2 saturated heterocycles. The van der Waals surface area contributed by atoms with Crippen molar-refractivity contribution >= 4 is 5.91 Å². The predicted octanol–water partition coefficient (Wildman–Crippen LogP) is 2.23. The number of aryl methyl sites for hydroxylation is 2. The van der Waals surface area contributed by atoms with Crippen molar-refractivity contribution < 1.29 is 18.3 Å². The molecule has 7 heteroatoms. The number of amides is 1. The molecule has 1 aromatic carbocycles. The van der Waals surface area contributed by atoms with Crippen molar-refractivity contribution in [3.8, 4) is 0 Å². The number of likely N-dealkylation sites (tertiary alicyclic amines) is 1. The van der Waals surface area contributed by atoms with Crippen molar-refractivity contribution in [2.75, 3.05) is 13.1 Å². The van der Waals surface area contributed by atoms with Gasteiger partial charge in [0.25, 0.3) is 0 Å². The molecule has 0 N–H and O–H groups in total. The zero-order valence-corrected chi connectivity index (χ0v) is 14.9. The van der Waals surface area contributed by atoms with Crippen LogP contribution in [0.25, 0.3) is 0 Å². The Balaban J connectivity index is 1.32. The van der Waals surface area contributed by atoms with Crippen LogP contribution in [-0.2, 0) is 22.4 Å². The lowest BCUT2D eigenvalue weighted by Gasteiger charge is -2.19. The maximum atomic E-state index is 13.2. The minimum Gasteiger partial charge on any atom is -0.426 e. The summed E-state index contributed by atoms with van der Waals surface area (Å²) in [6.07, 6.45) is 1.96. The standard InChI is InChI=1S/C19H22FN3O3/c1-11-5-15(20)4-3-13(11)7-19(24)23-9-14-6-16(26-17(14)10-23)8-18-22-21-12(2)25-18/h3-5,14,16-17H,6-10H2,1-2H3/t14-,16-,17+/m1/s1. The summed E-state index contributed by atoms with van der Waals surface area (Å²) in [6.45, 7) is 4.93. The molecular formula is C19H22FN3O3. The van der Waals surface area contributed by atoms with Gasteiger partial charge in [-0.2, -0.15) is 0 Å². The molecule has 2 fully saturated rings. The van der Waals surface area contributed by atoms with Gasteiger partial charge in [0, 0.05) is 25.9 Å². The van der Waals surface area contributed by atoms with Crippen LogP contribution in [0.1, 0.15) is 29.3 Å². The predicted molar refractivity (Wildman–Crippen MR) is 90.9 cm³/mol. The molecule has 6 nitrogen and oxygen atoms in total. The zero-order valence-electron chi connectivity index (χ0n) is 14.9. The molecule has 2 aliphatic rings. The average molecular weight is 359 g/mol. The Morgan fingerprint density at radius 3 is 2.85 bits per heavy atom. The van der Waals surface area contributed by atoms with Gasteiger partial charge in [-0.05, 0) is 36.6 Å². The van der Waals surface area contributed by atoms with Crippen LogP contribution < -0.4 is 0 Å². The molecule has 0 aliphatic carbocycles. The lowest BCUT2D eigenvalue weighted by molar-refractivity contribution is -0.130. The van der Waals surface area contributed by atoms with Gasteiger partial charge in [-0.15, -0.1) is 10.2 Å². The van der Waals surface area contributed by atoms with Crippen LogP contribution in [0.15, 0.2) is 22.6 Å². The maximum absolute atomic E-state index is 13.2. The SMILES string of the molecule is Cc1nnc(C[C@H]2C[C@@H]3CN(C(=O)Cc4ccc(F)cc4C)C[C@@H]3O2)o1. The number of carbonyl (C=O) groups is 1. The third kappa shape index (κ3) is 3.49. The molecule has 138 valence electrons. The van der Waals surface area contributed by atoms with E-state index in [1.54, 1.807) is 13.0 Å². The molecule has 2 aromatic rings. The summed E-state index contributed by atoms with van der Waals surface area (Å²) in [5.74, 6) is 1.31. The van der Waals surface area contributed by atoms with Crippen molar-refractivity contribution in [1.29, 1.82) is 0 Å². The minimum absolute atomic E-state index is 0.0708. The van der Waals surface area contributed by atoms with Gasteiger partial charge in [-0.25, -0.2) is 4.39 Å². The van der Waals surface area contributed by atoms with Crippen LogP contribution in [0, 0.1) is 25.6 Å². The molecule has 2 aliphatic heterocycles. The van der Waals surface area contributed by atoms with Gasteiger partial charge in [-0.1, -0.05) is 6.07 Å². The molecule has 4 rings (SSSR count). The van der Waals surface area contributed by atoms with E-state index in [-0.39, 0.29) is 23.9 Å². The second kappa shape index (κ2) is 6.79. The molecule has 0 radical (unpaired) electrons. The van der Waals surface area contributed by atoms with Crippen molar-refractivity contribution in [3.63, 3.8) is 0 Å². The number of hydrogen-bond acceptors (Lipinski definition) is 5. The van der Waals surface area contributed by atoms with E-state index in [9.17, 15) is 9.18 Å². The number of hydrogen-bond donors (Lipinski definition) is 0. The van der Waals surface area contributed by atoms with Crippen molar-refractivity contribution in [3.05, 3.63) is 46.9 Å². The summed E-state index contributed by atoms with van der Waals surface area (Å²) in [7, 11) is 0. The lowest BCUT2D eigenvalue weighted by Crippen LogP contribution is -2.33. The number of carbonyl (C=O) groups excluding carboxylic acids is 1. The first-order valence-electron chi connectivity index (χ1n) is 8.95. The van der Waals surface area contributed by atoms with E-state index in [1.165, 1.54) is 12.1 Å². The summed E-state index contributed by atoms with van der Waals surface area (Å²) in [4.78, 5) is 14.5. The van der Waals surface area contributed by atoms with Gasteiger partial charge in [0.05, 0.1) is 25.0 Å². The Morgan fingerprint density at radius 1 is 1.31 bits per heavy atom. The molecule has 0 spiro atoms. The molecule has 3 heterocycles. The van der Waals surface area contributed by atoms with E-state index in [0.717, 1.165) is 17.5 Å². The highest BCUT2D eigenvalue weighted by atomic mass is 19.1. The number of rotatable bonds is 4. The number of benzene rings is 1. The fraction of sp³-hybridized carbons (Fsp3) is 0.526. The van der Waals surface area contributed by atoms with Crippen LogP contribution in [0.4, 0.5) is 4.39 Å². The first kappa shape index (κ1) is 17.1. The van der Waals surface area contributed by atoms with Crippen LogP contribution >= 0.6 is 0 Å². The summed E-state index contributed by atoms with van der Waals surface area (Å²) < 4.78 is 24.7. The number of aromatic nitrogens is 2. The summed E-state index contributed by atoms with van der Waals surface area (Å²) in [5, 5.41) is 7.86. The Labute approximate surface area is 151 Å². The van der Waals surface area contributed by atoms with Gasteiger partial charge in [0.15, 0.2) is 0 Å². The number of halogens is 1. The van der Waals surface area contributed by atoms with Gasteiger partial charge < -0.3 is 14.1 Å². The van der Waals surface area contributed by atoms with Crippen LogP contribution in [-0.4, -0.2) is 46.3 Å². The zero-order chi connectivity index (χ0) is 18.3. The molecular weight excluding hydrogens is 337 g/mol. The Morgan fingerprint density at radius 2 is 2.15 bits per heavy atom. The molecule has 0 bridgehead atoms. The fourth-order valence-corrected chi connectivity index (χ4v) is 3.94. The Bertz CT molecular complexity index is 808. The monoisotopic (exact) mass is 359 g/mol. The van der Waals surface area contributed by atoms with E-state index in [4.69, 9.17) is 9.15 Å². The van der Waals surface area contributed by atoms with E-state index >= 15 is 0 Å². The first-order valence-corrected chi connectivity index (χ1v) is 8.95. The highest BCUT2D eigenvalue weighted by Gasteiger charge is 2.43. The first-order chi connectivity index (χ1) is 12.5. The van der Waals surface area contributed by atoms with Crippen molar-refractivity contribution in [2.24, 2.45) is 5.92 Å². The minimum atomic E-state index is -0.273. The van der Waals surface area contributed by atoms with Crippen molar-refractivity contribution in [1.82, 2.24) is 15.1 Å². The smallest absolute Gasteiger partial charge is 0.227 e. The third-order valence-corrected chi connectivity index (χ3v) is 5.28. The maximum Gasteiger partial charge on any atom is 0.227 e. The number of ether oxygens (including phenoxy) is 1. The van der Waals surface area contributed by atoms with E-state index in [0.29, 0.717) is 43.6 Å². The summed E-state index contributed by atoms with van der Waals surface area (Å²) in [6, 6.07) is 4.56. The van der Waals surface area contributed by atoms with E-state index in [2.05, 4.69) is 10.2 Å². The average Bonchev–Trinajstić information content (AvgIpc) is 3.25. The van der Waals surface area contributed by atoms with Gasteiger partial charge >= 0.3 is 0 Å². The molecule has 0 saturated carbocycles. The van der Waals surface area contributed by atoms with Crippen molar-refractivity contribution in [2.45, 2.75) is 45.3 Å². The van der Waals surface area contributed by atoms with Crippen LogP contribution in [0.3, 0.4) is 0 Å². The number of fused-ring (bicyclic) bond motifs is 1. The van der Waals surface area contributed by atoms with Crippen LogP contribution in [0.5, 0.6) is 0 Å². The normalized spacial score (nSPS) is 24.9. The van der Waals surface area contributed by atoms with E-state index < -0.39 is 0 Å². The van der Waals surface area contributed by atoms with Gasteiger partial charge in [0.2, 0.25) is 17.7 Å². The molecule has 26 heavy (non-hydrogen) atoms. The topological polar surface area (TPSA) is 68.5 Å². The molecule has 1 aromatic heterocycles. The molecule has 3 atom stereocenters. The third-order valence-electron chi connectivity index (χ3n) is 5.28. The fourth-order valence-electron chi connectivity index (χ4n) is 3.94. The largest absolute Gasteiger partial charge is 0.426 e. The second-order valence-electron chi connectivity index (χ2n) is 7.26. The summed E-state index contributed by atoms with van der Waals surface area (Å²) >= 11 is 0. The van der Waals surface area contributed by atoms with E-state index in [1.807, 2.05) is 11.8 Å². The van der Waals surface area contributed by atoms with Crippen LogP contribution in [0.2, 0.25) is 0 Å². The molecule has 1 amide bonds. The molecule has 0 unspecified atom stereocenters. The number of nitrogens with zero attached hydrogens (tertiary/aromatic N) is 3. The van der Waals surface area contributed by atoms with Gasteiger partial charge in [-0.3, -0.25) is 4.79 Å². The Hall–Kier alpha value is -2.28. The summed E-state index contributed by atoms with van der Waals surface area (Å²) in [5.41, 5.74) is 1.68.